The van der Waals surface area contributed by atoms with E-state index in [1.54, 1.807) is 0 Å². The minimum atomic E-state index is -6.76. The molecule has 2 fully saturated rings. The van der Waals surface area contributed by atoms with Gasteiger partial charge in [-0.25, -0.2) is 0 Å². The Morgan fingerprint density at radius 1 is 1.00 bits per heavy atom. The van der Waals surface area contributed by atoms with Crippen LogP contribution < -0.4 is 0 Å². The van der Waals surface area contributed by atoms with Crippen molar-refractivity contribution in [2.24, 2.45) is 5.18 Å². The second-order valence-corrected chi connectivity index (χ2v) is 6.18. The van der Waals surface area contributed by atoms with Gasteiger partial charge in [0.15, 0.2) is 0 Å². The molecule has 2 unspecified atom stereocenters. The van der Waals surface area contributed by atoms with E-state index in [9.17, 15) is 44.4 Å². The van der Waals surface area contributed by atoms with Crippen molar-refractivity contribution in [1.29, 1.82) is 0 Å². The largest absolute Gasteiger partial charge is 0.435 e. The molecule has 0 aromatic carbocycles. The number of ether oxygens (including phenoxy) is 1. The first-order valence-corrected chi connectivity index (χ1v) is 7.12. The van der Waals surface area contributed by atoms with Crippen molar-refractivity contribution < 1.29 is 44.3 Å². The van der Waals surface area contributed by atoms with Gasteiger partial charge in [-0.05, 0) is 25.8 Å². The number of hydrogen-bond donors (Lipinski definition) is 0. The van der Waals surface area contributed by atoms with Gasteiger partial charge in [-0.2, -0.15) is 44.4 Å². The quantitative estimate of drug-likeness (QED) is 0.544. The fourth-order valence-corrected chi connectivity index (χ4v) is 3.62. The van der Waals surface area contributed by atoms with Crippen molar-refractivity contribution in [3.63, 3.8) is 0 Å². The number of nitroso groups, excluding NO2 is 1. The van der Waals surface area contributed by atoms with E-state index in [-0.39, 0.29) is 13.0 Å². The summed E-state index contributed by atoms with van der Waals surface area (Å²) in [6.45, 7) is -0.782. The number of alkyl halides is 9. The minimum Gasteiger partial charge on any atom is -0.346 e. The molecule has 0 bridgehead atoms. The summed E-state index contributed by atoms with van der Waals surface area (Å²) in [7, 11) is 0. The zero-order valence-corrected chi connectivity index (χ0v) is 12.4. The summed E-state index contributed by atoms with van der Waals surface area (Å²) in [6, 6.07) is 0. The summed E-state index contributed by atoms with van der Waals surface area (Å²) in [4.78, 5) is 11.9. The maximum atomic E-state index is 12.9. The number of hydrogen-bond acceptors (Lipinski definition) is 4. The van der Waals surface area contributed by atoms with E-state index in [0.717, 1.165) is 0 Å². The molecule has 25 heavy (non-hydrogen) atoms. The molecule has 0 saturated carbocycles. The van der Waals surface area contributed by atoms with Crippen LogP contribution >= 0.6 is 0 Å². The maximum Gasteiger partial charge on any atom is 0.435 e. The molecule has 4 nitrogen and oxygen atoms in total. The highest BCUT2D eigenvalue weighted by Gasteiger charge is 2.86. The lowest BCUT2D eigenvalue weighted by molar-refractivity contribution is -0.463. The van der Waals surface area contributed by atoms with Crippen LogP contribution in [-0.4, -0.2) is 60.3 Å². The van der Waals surface area contributed by atoms with Crippen LogP contribution in [0.15, 0.2) is 5.18 Å². The molecule has 0 amide bonds. The van der Waals surface area contributed by atoms with Crippen molar-refractivity contribution in [3.8, 4) is 0 Å². The molecule has 2 saturated heterocycles. The van der Waals surface area contributed by atoms with Crippen LogP contribution in [0.25, 0.3) is 0 Å². The van der Waals surface area contributed by atoms with E-state index in [1.807, 2.05) is 0 Å². The molecule has 0 aromatic heterocycles. The Morgan fingerprint density at radius 3 is 1.96 bits per heavy atom. The van der Waals surface area contributed by atoms with E-state index in [2.05, 4.69) is 9.91 Å². The molecule has 146 valence electrons. The fraction of sp³-hybridized carbons (Fsp3) is 1.00. The van der Waals surface area contributed by atoms with Crippen molar-refractivity contribution in [3.05, 3.63) is 4.91 Å². The van der Waals surface area contributed by atoms with Gasteiger partial charge in [0.05, 0.1) is 12.6 Å². The summed E-state index contributed by atoms with van der Waals surface area (Å²) < 4.78 is 120. The zero-order chi connectivity index (χ0) is 19.3. The van der Waals surface area contributed by atoms with Gasteiger partial charge in [-0.3, -0.25) is 4.90 Å². The Kier molecular flexibility index (Phi) is 4.82. The van der Waals surface area contributed by atoms with Gasteiger partial charge in [-0.1, -0.05) is 5.18 Å². The second kappa shape index (κ2) is 5.96. The van der Waals surface area contributed by atoms with E-state index < -0.39 is 55.3 Å². The van der Waals surface area contributed by atoms with Crippen LogP contribution in [0.5, 0.6) is 0 Å². The van der Waals surface area contributed by atoms with Crippen LogP contribution in [0.2, 0.25) is 0 Å². The molecule has 13 heteroatoms. The highest BCUT2D eigenvalue weighted by Crippen LogP contribution is 2.56. The molecule has 2 aliphatic heterocycles. The van der Waals surface area contributed by atoms with Gasteiger partial charge in [-0.15, -0.1) is 0 Å². The molecule has 0 aromatic rings. The predicted octanol–water partition coefficient (Wildman–Crippen LogP) is 3.80. The highest BCUT2D eigenvalue weighted by atomic mass is 19.4. The fourth-order valence-electron chi connectivity index (χ4n) is 3.62. The smallest absolute Gasteiger partial charge is 0.346 e. The zero-order valence-electron chi connectivity index (χ0n) is 12.4. The normalized spacial score (nSPS) is 29.1. The minimum absolute atomic E-state index is 0.229. The van der Waals surface area contributed by atoms with E-state index in [1.165, 1.54) is 4.90 Å². The third-order valence-electron chi connectivity index (χ3n) is 4.67. The Labute approximate surface area is 135 Å². The van der Waals surface area contributed by atoms with E-state index in [0.29, 0.717) is 6.42 Å². The maximum absolute atomic E-state index is 12.9. The SMILES string of the molecule is O=NCC12CCCN1CC(OC(C(F)(F)F)(C(F)(F)F)C(F)(F)F)C2. The van der Waals surface area contributed by atoms with Crippen LogP contribution in [0.4, 0.5) is 39.5 Å². The lowest BCUT2D eigenvalue weighted by atomic mass is 9.93. The lowest BCUT2D eigenvalue weighted by Gasteiger charge is -2.39. The molecule has 2 atom stereocenters. The first-order valence-electron chi connectivity index (χ1n) is 7.12. The van der Waals surface area contributed by atoms with Crippen LogP contribution in [-0.2, 0) is 4.74 Å². The van der Waals surface area contributed by atoms with Gasteiger partial charge >= 0.3 is 24.1 Å². The summed E-state index contributed by atoms with van der Waals surface area (Å²) in [5, 5.41) is 2.61. The number of fused-ring (bicyclic) bond motifs is 1. The first kappa shape index (κ1) is 20.2. The van der Waals surface area contributed by atoms with Crippen molar-refractivity contribution in [2.75, 3.05) is 19.6 Å². The van der Waals surface area contributed by atoms with Gasteiger partial charge in [0.25, 0.3) is 0 Å². The second-order valence-electron chi connectivity index (χ2n) is 6.18. The summed E-state index contributed by atoms with van der Waals surface area (Å²) >= 11 is 0. The Hall–Kier alpha value is -1.11. The van der Waals surface area contributed by atoms with Crippen LogP contribution in [0, 0.1) is 4.91 Å². The number of rotatable bonds is 4. The number of halogens is 9. The molecule has 0 spiro atoms. The highest BCUT2D eigenvalue weighted by molar-refractivity contribution is 5.09. The summed E-state index contributed by atoms with van der Waals surface area (Å²) in [5.74, 6) is 0. The van der Waals surface area contributed by atoms with Gasteiger partial charge < -0.3 is 4.74 Å². The Balaban J connectivity index is 2.38. The number of nitrogens with zero attached hydrogens (tertiary/aromatic N) is 2. The molecule has 2 aliphatic rings. The standard InChI is InChI=1S/C12H13F9N2O2/c13-10(14,15)9(11(16,17)18,12(19,20)21)25-7-4-8(6-22-24)2-1-3-23(8)5-7/h7H,1-6H2. The van der Waals surface area contributed by atoms with Crippen LogP contribution in [0.1, 0.15) is 19.3 Å². The average Bonchev–Trinajstić information content (AvgIpc) is 2.87. The topological polar surface area (TPSA) is 41.9 Å². The monoisotopic (exact) mass is 388 g/mol. The third-order valence-corrected chi connectivity index (χ3v) is 4.67. The molecule has 0 N–H and O–H groups in total. The van der Waals surface area contributed by atoms with E-state index >= 15 is 0 Å². The molecule has 2 rings (SSSR count). The van der Waals surface area contributed by atoms with Crippen molar-refractivity contribution in [2.45, 2.75) is 55.0 Å². The average molecular weight is 388 g/mol. The Bertz CT molecular complexity index is 480. The molecule has 0 radical (unpaired) electrons. The predicted molar refractivity (Wildman–Crippen MR) is 64.6 cm³/mol. The molecule has 2 heterocycles. The van der Waals surface area contributed by atoms with Gasteiger partial charge in [0, 0.05) is 12.1 Å². The Morgan fingerprint density at radius 2 is 1.52 bits per heavy atom. The summed E-state index contributed by atoms with van der Waals surface area (Å²) in [5.41, 5.74) is -7.44. The third kappa shape index (κ3) is 3.09. The van der Waals surface area contributed by atoms with Crippen LogP contribution in [0.3, 0.4) is 0 Å². The van der Waals surface area contributed by atoms with E-state index in [4.69, 9.17) is 0 Å². The molecular formula is C12H13F9N2O2. The first-order chi connectivity index (χ1) is 11.2. The molecular weight excluding hydrogens is 375 g/mol. The van der Waals surface area contributed by atoms with Crippen molar-refractivity contribution >= 4 is 0 Å². The van der Waals surface area contributed by atoms with Gasteiger partial charge in [0.1, 0.15) is 0 Å². The van der Waals surface area contributed by atoms with Crippen molar-refractivity contribution in [1.82, 2.24) is 4.90 Å². The lowest BCUT2D eigenvalue weighted by Crippen LogP contribution is -2.68. The molecule has 0 aliphatic carbocycles. The van der Waals surface area contributed by atoms with Gasteiger partial charge in [0.2, 0.25) is 0 Å². The summed E-state index contributed by atoms with van der Waals surface area (Å²) in [6.07, 6.45) is -22.1.